The van der Waals surface area contributed by atoms with Gasteiger partial charge in [0.15, 0.2) is 5.82 Å². The predicted octanol–water partition coefficient (Wildman–Crippen LogP) is 4.40. The third kappa shape index (κ3) is 3.90. The van der Waals surface area contributed by atoms with Crippen molar-refractivity contribution in [2.24, 2.45) is 0 Å². The lowest BCUT2D eigenvalue weighted by Crippen LogP contribution is -2.10. The summed E-state index contributed by atoms with van der Waals surface area (Å²) in [6, 6.07) is 4.02. The Labute approximate surface area is 140 Å². The Morgan fingerprint density at radius 1 is 1.24 bits per heavy atom. The molecule has 4 nitrogen and oxygen atoms in total. The van der Waals surface area contributed by atoms with Gasteiger partial charge >= 0.3 is 0 Å². The predicted molar refractivity (Wildman–Crippen MR) is 95.6 cm³/mol. The number of nitrogens with zero attached hydrogens (tertiary/aromatic N) is 3. The Balaban J connectivity index is 2.50. The van der Waals surface area contributed by atoms with Crippen LogP contribution < -0.4 is 5.32 Å². The molecule has 0 saturated carbocycles. The molecule has 0 radical (unpaired) electrons. The SMILES string of the molecule is CCCNc1nc(-c2ccc(C)cn2)nc(C(C)C)c1I. The highest BCUT2D eigenvalue weighted by atomic mass is 127. The molecular weight excluding hydrogens is 375 g/mol. The third-order valence-corrected chi connectivity index (χ3v) is 4.17. The summed E-state index contributed by atoms with van der Waals surface area (Å²) >= 11 is 2.33. The number of halogens is 1. The van der Waals surface area contributed by atoms with Gasteiger partial charge in [0.25, 0.3) is 0 Å². The minimum absolute atomic E-state index is 0.353. The maximum Gasteiger partial charge on any atom is 0.180 e. The van der Waals surface area contributed by atoms with Gasteiger partial charge in [-0.1, -0.05) is 26.8 Å². The fourth-order valence-electron chi connectivity index (χ4n) is 1.92. The van der Waals surface area contributed by atoms with E-state index < -0.39 is 0 Å². The molecule has 0 saturated heterocycles. The van der Waals surface area contributed by atoms with Gasteiger partial charge < -0.3 is 5.32 Å². The van der Waals surface area contributed by atoms with Crippen LogP contribution in [0.3, 0.4) is 0 Å². The lowest BCUT2D eigenvalue weighted by atomic mass is 10.1. The molecule has 0 amide bonds. The van der Waals surface area contributed by atoms with Gasteiger partial charge in [0, 0.05) is 12.7 Å². The topological polar surface area (TPSA) is 50.7 Å². The number of aromatic nitrogens is 3. The van der Waals surface area contributed by atoms with Gasteiger partial charge in [-0.25, -0.2) is 9.97 Å². The first-order valence-corrected chi connectivity index (χ1v) is 8.35. The Morgan fingerprint density at radius 3 is 2.57 bits per heavy atom. The molecule has 1 N–H and O–H groups in total. The summed E-state index contributed by atoms with van der Waals surface area (Å²) in [4.78, 5) is 13.8. The molecule has 0 fully saturated rings. The molecule has 0 aromatic carbocycles. The lowest BCUT2D eigenvalue weighted by Gasteiger charge is -2.14. The van der Waals surface area contributed by atoms with Crippen LogP contribution in [0.4, 0.5) is 5.82 Å². The quantitative estimate of drug-likeness (QED) is 0.762. The maximum absolute atomic E-state index is 4.72. The molecule has 0 unspecified atom stereocenters. The normalized spacial score (nSPS) is 11.0. The number of nitrogens with one attached hydrogen (secondary N) is 1. The van der Waals surface area contributed by atoms with Crippen LogP contribution in [-0.4, -0.2) is 21.5 Å². The van der Waals surface area contributed by atoms with E-state index in [1.54, 1.807) is 0 Å². The third-order valence-electron chi connectivity index (χ3n) is 3.11. The molecule has 0 spiro atoms. The van der Waals surface area contributed by atoms with Crippen LogP contribution in [0.25, 0.3) is 11.5 Å². The van der Waals surface area contributed by atoms with Gasteiger partial charge in [0.2, 0.25) is 0 Å². The van der Waals surface area contributed by atoms with Gasteiger partial charge in [-0.3, -0.25) is 4.98 Å². The second-order valence-corrected chi connectivity index (χ2v) is 6.48. The minimum Gasteiger partial charge on any atom is -0.369 e. The lowest BCUT2D eigenvalue weighted by molar-refractivity contribution is 0.806. The zero-order chi connectivity index (χ0) is 15.4. The van der Waals surface area contributed by atoms with E-state index in [-0.39, 0.29) is 0 Å². The van der Waals surface area contributed by atoms with E-state index in [1.165, 1.54) is 0 Å². The van der Waals surface area contributed by atoms with Crippen molar-refractivity contribution in [1.82, 2.24) is 15.0 Å². The number of hydrogen-bond acceptors (Lipinski definition) is 4. The van der Waals surface area contributed by atoms with Crippen molar-refractivity contribution in [2.75, 3.05) is 11.9 Å². The summed E-state index contributed by atoms with van der Waals surface area (Å²) in [5, 5.41) is 3.39. The average molecular weight is 396 g/mol. The summed E-state index contributed by atoms with van der Waals surface area (Å²) in [5.74, 6) is 1.96. The van der Waals surface area contributed by atoms with Crippen molar-refractivity contribution < 1.29 is 0 Å². The summed E-state index contributed by atoms with van der Waals surface area (Å²) in [5.41, 5.74) is 3.03. The summed E-state index contributed by atoms with van der Waals surface area (Å²) in [7, 11) is 0. The molecule has 5 heteroatoms. The van der Waals surface area contributed by atoms with Crippen LogP contribution in [0.5, 0.6) is 0 Å². The molecule has 2 aromatic heterocycles. The van der Waals surface area contributed by atoms with Gasteiger partial charge in [0.05, 0.1) is 9.26 Å². The van der Waals surface area contributed by atoms with Gasteiger partial charge in [-0.2, -0.15) is 0 Å². The first kappa shape index (κ1) is 16.1. The number of hydrogen-bond donors (Lipinski definition) is 1. The Kier molecular flexibility index (Phi) is 5.50. The molecular formula is C16H21IN4. The van der Waals surface area contributed by atoms with Crippen molar-refractivity contribution in [3.63, 3.8) is 0 Å². The highest BCUT2D eigenvalue weighted by Gasteiger charge is 2.16. The van der Waals surface area contributed by atoms with E-state index >= 15 is 0 Å². The van der Waals surface area contributed by atoms with Gasteiger partial charge in [0.1, 0.15) is 11.5 Å². The highest BCUT2D eigenvalue weighted by Crippen LogP contribution is 2.27. The van der Waals surface area contributed by atoms with Gasteiger partial charge in [-0.15, -0.1) is 0 Å². The molecule has 2 rings (SSSR count). The van der Waals surface area contributed by atoms with Crippen LogP contribution in [-0.2, 0) is 0 Å². The van der Waals surface area contributed by atoms with E-state index in [0.717, 1.165) is 39.3 Å². The van der Waals surface area contributed by atoms with Crippen molar-refractivity contribution in [3.05, 3.63) is 33.2 Å². The van der Waals surface area contributed by atoms with Gasteiger partial charge in [-0.05, 0) is 53.5 Å². The summed E-state index contributed by atoms with van der Waals surface area (Å²) < 4.78 is 1.10. The van der Waals surface area contributed by atoms with Crippen LogP contribution >= 0.6 is 22.6 Å². The standard InChI is InChI=1S/C16H21IN4/c1-5-8-18-16-13(17)14(10(2)3)20-15(21-16)12-7-6-11(4)9-19-12/h6-7,9-10H,5,8H2,1-4H3,(H,18,20,21). The molecule has 2 heterocycles. The molecule has 0 bridgehead atoms. The maximum atomic E-state index is 4.72. The second kappa shape index (κ2) is 7.15. The molecule has 0 aliphatic rings. The average Bonchev–Trinajstić information content (AvgIpc) is 2.47. The smallest absolute Gasteiger partial charge is 0.180 e. The Hall–Kier alpha value is -1.24. The molecule has 0 aliphatic heterocycles. The molecule has 2 aromatic rings. The number of aryl methyl sites for hydroxylation is 1. The minimum atomic E-state index is 0.353. The monoisotopic (exact) mass is 396 g/mol. The van der Waals surface area contributed by atoms with E-state index in [0.29, 0.717) is 11.7 Å². The molecule has 21 heavy (non-hydrogen) atoms. The fourth-order valence-corrected chi connectivity index (χ4v) is 2.98. The number of pyridine rings is 1. The highest BCUT2D eigenvalue weighted by molar-refractivity contribution is 14.1. The Morgan fingerprint density at radius 2 is 2.00 bits per heavy atom. The molecule has 112 valence electrons. The second-order valence-electron chi connectivity index (χ2n) is 5.40. The molecule has 0 aliphatic carbocycles. The van der Waals surface area contributed by atoms with E-state index in [9.17, 15) is 0 Å². The van der Waals surface area contributed by atoms with Crippen LogP contribution in [0, 0.1) is 10.5 Å². The van der Waals surface area contributed by atoms with Crippen LogP contribution in [0.1, 0.15) is 44.4 Å². The van der Waals surface area contributed by atoms with Crippen LogP contribution in [0.2, 0.25) is 0 Å². The van der Waals surface area contributed by atoms with Crippen molar-refractivity contribution in [2.45, 2.75) is 40.0 Å². The Bertz CT molecular complexity index is 608. The number of anilines is 1. The number of rotatable bonds is 5. The van der Waals surface area contributed by atoms with Crippen molar-refractivity contribution in [3.8, 4) is 11.5 Å². The molecule has 0 atom stereocenters. The summed E-state index contributed by atoms with van der Waals surface area (Å²) in [6.07, 6.45) is 2.92. The van der Waals surface area contributed by atoms with E-state index in [2.05, 4.69) is 58.6 Å². The first-order valence-electron chi connectivity index (χ1n) is 7.27. The zero-order valence-corrected chi connectivity index (χ0v) is 15.1. The zero-order valence-electron chi connectivity index (χ0n) is 12.9. The summed E-state index contributed by atoms with van der Waals surface area (Å²) in [6.45, 7) is 9.39. The van der Waals surface area contributed by atoms with Crippen LogP contribution in [0.15, 0.2) is 18.3 Å². The largest absolute Gasteiger partial charge is 0.369 e. The fraction of sp³-hybridized carbons (Fsp3) is 0.438. The van der Waals surface area contributed by atoms with E-state index in [4.69, 9.17) is 4.98 Å². The van der Waals surface area contributed by atoms with Crippen molar-refractivity contribution >= 4 is 28.4 Å². The van der Waals surface area contributed by atoms with Crippen molar-refractivity contribution in [1.29, 1.82) is 0 Å². The van der Waals surface area contributed by atoms with E-state index in [1.807, 2.05) is 25.3 Å². The first-order chi connectivity index (χ1) is 10.0.